The van der Waals surface area contributed by atoms with Crippen molar-refractivity contribution in [1.29, 1.82) is 0 Å². The molecule has 0 radical (unpaired) electrons. The van der Waals surface area contributed by atoms with Crippen LogP contribution in [0.3, 0.4) is 0 Å². The van der Waals surface area contributed by atoms with E-state index in [9.17, 15) is 4.79 Å². The molecule has 0 fully saturated rings. The van der Waals surface area contributed by atoms with E-state index in [1.807, 2.05) is 0 Å². The Hall–Kier alpha value is -1.25. The van der Waals surface area contributed by atoms with Crippen LogP contribution in [-0.4, -0.2) is 11.1 Å². The molecule has 0 bridgehead atoms. The Kier molecular flexibility index (Phi) is 2.31. The van der Waals surface area contributed by atoms with Gasteiger partial charge in [0.25, 0.3) is 0 Å². The van der Waals surface area contributed by atoms with E-state index >= 15 is 0 Å². The van der Waals surface area contributed by atoms with E-state index in [2.05, 4.69) is 0 Å². The molecule has 1 unspecified atom stereocenters. The van der Waals surface area contributed by atoms with Crippen molar-refractivity contribution in [1.82, 2.24) is 0 Å². The molecule has 0 aliphatic heterocycles. The Morgan fingerprint density at radius 3 is 3.09 bits per heavy atom. The summed E-state index contributed by atoms with van der Waals surface area (Å²) in [7, 11) is 0. The SMILES string of the molecule is NC1=CCC(C(=O)O)C=CC1. The number of hydrogen-bond acceptors (Lipinski definition) is 2. The highest BCUT2D eigenvalue weighted by Crippen LogP contribution is 2.13. The Bertz CT molecular complexity index is 218. The molecule has 0 amide bonds. The lowest BCUT2D eigenvalue weighted by Crippen LogP contribution is -2.09. The first-order chi connectivity index (χ1) is 5.20. The van der Waals surface area contributed by atoms with Crippen LogP contribution in [0.25, 0.3) is 0 Å². The number of nitrogens with two attached hydrogens (primary N) is 1. The maximum atomic E-state index is 10.5. The molecule has 3 heteroatoms. The summed E-state index contributed by atoms with van der Waals surface area (Å²) in [4.78, 5) is 10.5. The lowest BCUT2D eigenvalue weighted by atomic mass is 10.1. The maximum Gasteiger partial charge on any atom is 0.310 e. The van der Waals surface area contributed by atoms with Gasteiger partial charge in [0.05, 0.1) is 5.92 Å². The number of rotatable bonds is 1. The first kappa shape index (κ1) is 7.85. The molecule has 0 saturated carbocycles. The van der Waals surface area contributed by atoms with Crippen LogP contribution in [0.15, 0.2) is 23.9 Å². The predicted molar refractivity (Wildman–Crippen MR) is 41.8 cm³/mol. The largest absolute Gasteiger partial charge is 0.481 e. The summed E-state index contributed by atoms with van der Waals surface area (Å²) in [5, 5.41) is 8.63. The molecule has 1 atom stereocenters. The van der Waals surface area contributed by atoms with E-state index < -0.39 is 11.9 Å². The molecule has 0 aromatic rings. The second-order valence-corrected chi connectivity index (χ2v) is 2.59. The third-order valence-corrected chi connectivity index (χ3v) is 1.67. The lowest BCUT2D eigenvalue weighted by Gasteiger charge is -2.00. The topological polar surface area (TPSA) is 63.3 Å². The van der Waals surface area contributed by atoms with E-state index in [0.29, 0.717) is 12.8 Å². The van der Waals surface area contributed by atoms with Crippen LogP contribution >= 0.6 is 0 Å². The van der Waals surface area contributed by atoms with Crippen molar-refractivity contribution in [2.45, 2.75) is 12.8 Å². The van der Waals surface area contributed by atoms with Gasteiger partial charge in [-0.3, -0.25) is 4.79 Å². The fourth-order valence-corrected chi connectivity index (χ4v) is 0.992. The summed E-state index contributed by atoms with van der Waals surface area (Å²) in [6.45, 7) is 0. The van der Waals surface area contributed by atoms with Crippen molar-refractivity contribution in [2.75, 3.05) is 0 Å². The van der Waals surface area contributed by atoms with Gasteiger partial charge in [0.2, 0.25) is 0 Å². The van der Waals surface area contributed by atoms with Gasteiger partial charge in [0.1, 0.15) is 0 Å². The Morgan fingerprint density at radius 1 is 1.73 bits per heavy atom. The minimum Gasteiger partial charge on any atom is -0.481 e. The molecule has 11 heavy (non-hydrogen) atoms. The van der Waals surface area contributed by atoms with Gasteiger partial charge >= 0.3 is 5.97 Å². The summed E-state index contributed by atoms with van der Waals surface area (Å²) >= 11 is 0. The van der Waals surface area contributed by atoms with Gasteiger partial charge in [-0.15, -0.1) is 0 Å². The number of allylic oxidation sites excluding steroid dienone is 2. The number of carboxylic acids is 1. The number of hydrogen-bond donors (Lipinski definition) is 2. The van der Waals surface area contributed by atoms with Gasteiger partial charge < -0.3 is 10.8 Å². The zero-order valence-electron chi connectivity index (χ0n) is 6.16. The molecule has 0 aromatic heterocycles. The fraction of sp³-hybridized carbons (Fsp3) is 0.375. The molecule has 0 saturated heterocycles. The van der Waals surface area contributed by atoms with Gasteiger partial charge in [-0.1, -0.05) is 18.2 Å². The highest BCUT2D eigenvalue weighted by molar-refractivity contribution is 5.72. The fourth-order valence-electron chi connectivity index (χ4n) is 0.992. The van der Waals surface area contributed by atoms with Crippen molar-refractivity contribution in [3.8, 4) is 0 Å². The highest BCUT2D eigenvalue weighted by Gasteiger charge is 2.13. The number of aliphatic carboxylic acids is 1. The van der Waals surface area contributed by atoms with E-state index in [-0.39, 0.29) is 0 Å². The number of carboxylic acid groups (broad SMARTS) is 1. The van der Waals surface area contributed by atoms with Crippen molar-refractivity contribution in [3.05, 3.63) is 23.9 Å². The van der Waals surface area contributed by atoms with Crippen LogP contribution in [0, 0.1) is 5.92 Å². The summed E-state index contributed by atoms with van der Waals surface area (Å²) in [6.07, 6.45) is 6.45. The van der Waals surface area contributed by atoms with Crippen molar-refractivity contribution in [2.24, 2.45) is 11.7 Å². The maximum absolute atomic E-state index is 10.5. The third-order valence-electron chi connectivity index (χ3n) is 1.67. The second kappa shape index (κ2) is 3.23. The van der Waals surface area contributed by atoms with Gasteiger partial charge in [-0.2, -0.15) is 0 Å². The average Bonchev–Trinajstić information content (AvgIpc) is 2.13. The van der Waals surface area contributed by atoms with Gasteiger partial charge in [-0.25, -0.2) is 0 Å². The molecule has 1 aliphatic carbocycles. The summed E-state index contributed by atoms with van der Waals surface area (Å²) < 4.78 is 0. The molecule has 1 rings (SSSR count). The standard InChI is InChI=1S/C8H11NO2/c9-7-3-1-2-6(4-5-7)8(10)11/h1-2,5-6H,3-4,9H2,(H,10,11). The van der Waals surface area contributed by atoms with Gasteiger partial charge in [0, 0.05) is 12.1 Å². The minimum atomic E-state index is -0.785. The molecule has 1 aliphatic rings. The molecule has 0 spiro atoms. The average molecular weight is 153 g/mol. The summed E-state index contributed by atoms with van der Waals surface area (Å²) in [5.41, 5.74) is 6.27. The quantitative estimate of drug-likeness (QED) is 0.549. The first-order valence-electron chi connectivity index (χ1n) is 3.54. The van der Waals surface area contributed by atoms with E-state index in [0.717, 1.165) is 5.70 Å². The van der Waals surface area contributed by atoms with Crippen LogP contribution in [-0.2, 0) is 4.79 Å². The lowest BCUT2D eigenvalue weighted by molar-refractivity contribution is -0.139. The highest BCUT2D eigenvalue weighted by atomic mass is 16.4. The van der Waals surface area contributed by atoms with Gasteiger partial charge in [0.15, 0.2) is 0 Å². The molecule has 0 heterocycles. The Morgan fingerprint density at radius 2 is 2.45 bits per heavy atom. The normalized spacial score (nSPS) is 24.0. The van der Waals surface area contributed by atoms with E-state index in [4.69, 9.17) is 10.8 Å². The zero-order valence-corrected chi connectivity index (χ0v) is 6.16. The van der Waals surface area contributed by atoms with Crippen LogP contribution in [0.2, 0.25) is 0 Å². The molecule has 60 valence electrons. The second-order valence-electron chi connectivity index (χ2n) is 2.59. The number of carbonyl (C=O) groups is 1. The van der Waals surface area contributed by atoms with Crippen molar-refractivity contribution < 1.29 is 9.90 Å². The Labute approximate surface area is 65.2 Å². The molecule has 3 nitrogen and oxygen atoms in total. The zero-order chi connectivity index (χ0) is 8.27. The van der Waals surface area contributed by atoms with Crippen LogP contribution < -0.4 is 5.73 Å². The Balaban J connectivity index is 2.66. The summed E-state index contributed by atoms with van der Waals surface area (Å²) in [5.74, 6) is -1.18. The monoisotopic (exact) mass is 153 g/mol. The van der Waals surface area contributed by atoms with Crippen LogP contribution in [0.4, 0.5) is 0 Å². The molecular weight excluding hydrogens is 142 g/mol. The van der Waals surface area contributed by atoms with E-state index in [1.54, 1.807) is 18.2 Å². The van der Waals surface area contributed by atoms with Crippen molar-refractivity contribution >= 4 is 5.97 Å². The van der Waals surface area contributed by atoms with E-state index in [1.165, 1.54) is 0 Å². The summed E-state index contributed by atoms with van der Waals surface area (Å²) in [6, 6.07) is 0. The smallest absolute Gasteiger partial charge is 0.310 e. The molecule has 3 N–H and O–H groups in total. The molecular formula is C8H11NO2. The minimum absolute atomic E-state index is 0.393. The molecule has 0 aromatic carbocycles. The third kappa shape index (κ3) is 2.11. The predicted octanol–water partition coefficient (Wildman–Crippen LogP) is 0.880. The van der Waals surface area contributed by atoms with Crippen molar-refractivity contribution in [3.63, 3.8) is 0 Å². The van der Waals surface area contributed by atoms with Crippen LogP contribution in [0.1, 0.15) is 12.8 Å². The van der Waals surface area contributed by atoms with Gasteiger partial charge in [-0.05, 0) is 6.42 Å². The van der Waals surface area contributed by atoms with Crippen LogP contribution in [0.5, 0.6) is 0 Å². The first-order valence-corrected chi connectivity index (χ1v) is 3.54.